The molecule has 0 radical (unpaired) electrons. The van der Waals surface area contributed by atoms with E-state index in [0.29, 0.717) is 42.5 Å². The van der Waals surface area contributed by atoms with Crippen LogP contribution in [0.1, 0.15) is 27.0 Å². The Morgan fingerprint density at radius 2 is 1.60 bits per heavy atom. The van der Waals surface area contributed by atoms with Crippen LogP contribution in [0.15, 0.2) is 30.3 Å². The van der Waals surface area contributed by atoms with Crippen LogP contribution in [0.25, 0.3) is 0 Å². The number of halogens is 1. The van der Waals surface area contributed by atoms with E-state index in [0.717, 1.165) is 22.4 Å². The third-order valence-corrected chi connectivity index (χ3v) is 5.76. The lowest BCUT2D eigenvalue weighted by atomic mass is 10.1. The Bertz CT molecular complexity index is 952. The van der Waals surface area contributed by atoms with Gasteiger partial charge in [0.1, 0.15) is 11.5 Å². The molecule has 1 fully saturated rings. The first kappa shape index (κ1) is 22.0. The molecule has 160 valence electrons. The Hall–Kier alpha value is -2.73. The average molecular weight is 431 g/mol. The molecule has 1 aliphatic rings. The van der Waals surface area contributed by atoms with Crippen molar-refractivity contribution < 1.29 is 19.1 Å². The van der Waals surface area contributed by atoms with Gasteiger partial charge in [-0.2, -0.15) is 0 Å². The minimum Gasteiger partial charge on any atom is -0.496 e. The number of hydrogen-bond donors (Lipinski definition) is 0. The number of methoxy groups -OCH3 is 1. The molecule has 1 aliphatic heterocycles. The van der Waals surface area contributed by atoms with E-state index >= 15 is 0 Å². The fraction of sp³-hybridized carbons (Fsp3) is 0.391. The number of nitrogens with zero attached hydrogens (tertiary/aromatic N) is 2. The number of carbonyl (C=O) groups excluding carboxylic acids is 2. The van der Waals surface area contributed by atoms with Gasteiger partial charge in [-0.25, -0.2) is 0 Å². The Morgan fingerprint density at radius 1 is 0.967 bits per heavy atom. The van der Waals surface area contributed by atoms with E-state index in [1.165, 1.54) is 7.11 Å². The highest BCUT2D eigenvalue weighted by atomic mass is 35.5. The molecule has 7 heteroatoms. The van der Waals surface area contributed by atoms with Crippen molar-refractivity contribution in [1.82, 2.24) is 9.80 Å². The van der Waals surface area contributed by atoms with Crippen molar-refractivity contribution >= 4 is 23.4 Å². The molecule has 2 aromatic carbocycles. The standard InChI is InChI=1S/C23H27ClN2O4/c1-15-5-6-16(2)22(17(15)3)30-14-21(27)25-9-11-26(12-10-25)23(28)19-13-18(24)7-8-20(19)29-4/h5-8,13H,9-12,14H2,1-4H3. The summed E-state index contributed by atoms with van der Waals surface area (Å²) in [5.41, 5.74) is 3.62. The van der Waals surface area contributed by atoms with Gasteiger partial charge >= 0.3 is 0 Å². The van der Waals surface area contributed by atoms with Gasteiger partial charge in [-0.05, 0) is 55.7 Å². The second kappa shape index (κ2) is 9.39. The largest absolute Gasteiger partial charge is 0.496 e. The Morgan fingerprint density at radius 3 is 2.27 bits per heavy atom. The Kier molecular flexibility index (Phi) is 6.87. The highest BCUT2D eigenvalue weighted by Crippen LogP contribution is 2.26. The highest BCUT2D eigenvalue weighted by molar-refractivity contribution is 6.31. The van der Waals surface area contributed by atoms with Crippen LogP contribution < -0.4 is 9.47 Å². The number of piperazine rings is 1. The van der Waals surface area contributed by atoms with Crippen molar-refractivity contribution in [2.24, 2.45) is 0 Å². The van der Waals surface area contributed by atoms with E-state index < -0.39 is 0 Å². The molecule has 6 nitrogen and oxygen atoms in total. The normalized spacial score (nSPS) is 13.9. The first-order valence-electron chi connectivity index (χ1n) is 9.92. The summed E-state index contributed by atoms with van der Waals surface area (Å²) < 4.78 is 11.1. The van der Waals surface area contributed by atoms with Gasteiger partial charge in [-0.1, -0.05) is 23.7 Å². The monoisotopic (exact) mass is 430 g/mol. The molecule has 0 saturated carbocycles. The summed E-state index contributed by atoms with van der Waals surface area (Å²) in [6, 6.07) is 9.02. The summed E-state index contributed by atoms with van der Waals surface area (Å²) in [7, 11) is 1.52. The first-order valence-corrected chi connectivity index (χ1v) is 10.3. The quantitative estimate of drug-likeness (QED) is 0.726. The van der Waals surface area contributed by atoms with Gasteiger partial charge < -0.3 is 19.3 Å². The molecule has 0 unspecified atom stereocenters. The molecule has 0 bridgehead atoms. The van der Waals surface area contributed by atoms with E-state index in [9.17, 15) is 9.59 Å². The number of aryl methyl sites for hydroxylation is 2. The molecule has 0 atom stereocenters. The summed E-state index contributed by atoms with van der Waals surface area (Å²) in [5, 5.41) is 0.479. The molecule has 3 rings (SSSR count). The molecule has 1 saturated heterocycles. The summed E-state index contributed by atoms with van der Waals surface area (Å²) >= 11 is 6.05. The SMILES string of the molecule is COc1ccc(Cl)cc1C(=O)N1CCN(C(=O)COc2c(C)ccc(C)c2C)CC1. The molecule has 0 spiro atoms. The predicted molar refractivity (Wildman–Crippen MR) is 117 cm³/mol. The maximum absolute atomic E-state index is 12.9. The molecule has 2 amide bonds. The van der Waals surface area contributed by atoms with Crippen LogP contribution in [0.3, 0.4) is 0 Å². The third kappa shape index (κ3) is 4.70. The smallest absolute Gasteiger partial charge is 0.260 e. The average Bonchev–Trinajstić information content (AvgIpc) is 2.75. The maximum atomic E-state index is 12.9. The van der Waals surface area contributed by atoms with Crippen molar-refractivity contribution in [3.63, 3.8) is 0 Å². The van der Waals surface area contributed by atoms with Gasteiger partial charge in [0.25, 0.3) is 11.8 Å². The van der Waals surface area contributed by atoms with E-state index in [4.69, 9.17) is 21.1 Å². The fourth-order valence-electron chi connectivity index (χ4n) is 3.55. The molecule has 0 aromatic heterocycles. The van der Waals surface area contributed by atoms with Gasteiger partial charge in [-0.3, -0.25) is 9.59 Å². The zero-order valence-electron chi connectivity index (χ0n) is 17.8. The molecule has 1 heterocycles. The minimum absolute atomic E-state index is 0.0127. The zero-order valence-corrected chi connectivity index (χ0v) is 18.6. The molecular formula is C23H27ClN2O4. The number of amides is 2. The van der Waals surface area contributed by atoms with Crippen LogP contribution in [0.4, 0.5) is 0 Å². The second-order valence-electron chi connectivity index (χ2n) is 7.46. The van der Waals surface area contributed by atoms with Crippen LogP contribution in [-0.4, -0.2) is 61.5 Å². The molecule has 30 heavy (non-hydrogen) atoms. The number of benzene rings is 2. The van der Waals surface area contributed by atoms with Gasteiger partial charge in [0.05, 0.1) is 12.7 Å². The summed E-state index contributed by atoms with van der Waals surface area (Å²) in [5.74, 6) is 1.02. The minimum atomic E-state index is -0.149. The Labute approximate surface area is 182 Å². The van der Waals surface area contributed by atoms with Crippen molar-refractivity contribution in [3.05, 3.63) is 57.6 Å². The summed E-state index contributed by atoms with van der Waals surface area (Å²) in [4.78, 5) is 29.0. The lowest BCUT2D eigenvalue weighted by Crippen LogP contribution is -2.51. The van der Waals surface area contributed by atoms with Crippen LogP contribution in [0, 0.1) is 20.8 Å². The number of carbonyl (C=O) groups is 2. The Balaban J connectivity index is 1.58. The molecule has 0 aliphatic carbocycles. The van der Waals surface area contributed by atoms with Gasteiger partial charge in [0, 0.05) is 31.2 Å². The number of hydrogen-bond acceptors (Lipinski definition) is 4. The maximum Gasteiger partial charge on any atom is 0.260 e. The van der Waals surface area contributed by atoms with Crippen molar-refractivity contribution in [3.8, 4) is 11.5 Å². The van der Waals surface area contributed by atoms with Crippen LogP contribution in [0.5, 0.6) is 11.5 Å². The van der Waals surface area contributed by atoms with Crippen LogP contribution in [-0.2, 0) is 4.79 Å². The second-order valence-corrected chi connectivity index (χ2v) is 7.90. The van der Waals surface area contributed by atoms with Gasteiger partial charge in [0.15, 0.2) is 6.61 Å². The summed E-state index contributed by atoms with van der Waals surface area (Å²) in [6.45, 7) is 7.80. The zero-order chi connectivity index (χ0) is 21.8. The fourth-order valence-corrected chi connectivity index (χ4v) is 3.72. The van der Waals surface area contributed by atoms with E-state index in [1.54, 1.807) is 28.0 Å². The van der Waals surface area contributed by atoms with Gasteiger partial charge in [0.2, 0.25) is 0 Å². The topological polar surface area (TPSA) is 59.1 Å². The number of rotatable bonds is 5. The van der Waals surface area contributed by atoms with Crippen molar-refractivity contribution in [2.75, 3.05) is 39.9 Å². The van der Waals surface area contributed by atoms with E-state index in [2.05, 4.69) is 0 Å². The highest BCUT2D eigenvalue weighted by Gasteiger charge is 2.27. The van der Waals surface area contributed by atoms with Crippen molar-refractivity contribution in [2.45, 2.75) is 20.8 Å². The van der Waals surface area contributed by atoms with Gasteiger partial charge in [-0.15, -0.1) is 0 Å². The van der Waals surface area contributed by atoms with Crippen LogP contribution in [0.2, 0.25) is 5.02 Å². The van der Waals surface area contributed by atoms with Crippen molar-refractivity contribution in [1.29, 1.82) is 0 Å². The summed E-state index contributed by atoms with van der Waals surface area (Å²) in [6.07, 6.45) is 0. The van der Waals surface area contributed by atoms with Crippen LogP contribution >= 0.6 is 11.6 Å². The molecular weight excluding hydrogens is 404 g/mol. The number of ether oxygens (including phenoxy) is 2. The lowest BCUT2D eigenvalue weighted by Gasteiger charge is -2.35. The lowest BCUT2D eigenvalue weighted by molar-refractivity contribution is -0.134. The first-order chi connectivity index (χ1) is 14.3. The molecule has 0 N–H and O–H groups in total. The molecule has 2 aromatic rings. The van der Waals surface area contributed by atoms with E-state index in [1.807, 2.05) is 32.9 Å². The van der Waals surface area contributed by atoms with E-state index in [-0.39, 0.29) is 18.4 Å². The third-order valence-electron chi connectivity index (χ3n) is 5.53. The predicted octanol–water partition coefficient (Wildman–Crippen LogP) is 3.64.